The van der Waals surface area contributed by atoms with Gasteiger partial charge in [0.15, 0.2) is 0 Å². The van der Waals surface area contributed by atoms with Gasteiger partial charge in [0.2, 0.25) is 11.7 Å². The molecular formula is C20H15FN4O2S. The second kappa shape index (κ2) is 8.18. The van der Waals surface area contributed by atoms with E-state index in [1.807, 2.05) is 24.3 Å². The van der Waals surface area contributed by atoms with E-state index >= 15 is 0 Å². The summed E-state index contributed by atoms with van der Waals surface area (Å²) in [7, 11) is 1.60. The zero-order chi connectivity index (χ0) is 19.3. The molecule has 140 valence electrons. The Labute approximate surface area is 164 Å². The zero-order valence-electron chi connectivity index (χ0n) is 14.9. The molecule has 2 heterocycles. The average Bonchev–Trinajstić information content (AvgIpc) is 3.22. The largest absolute Gasteiger partial charge is 0.496 e. The Morgan fingerprint density at radius 1 is 0.964 bits per heavy atom. The van der Waals surface area contributed by atoms with Crippen molar-refractivity contribution in [3.8, 4) is 28.4 Å². The minimum atomic E-state index is -0.327. The third kappa shape index (κ3) is 3.86. The number of aromatic nitrogens is 4. The lowest BCUT2D eigenvalue weighted by molar-refractivity contribution is 0.390. The number of halogens is 1. The molecule has 0 aliphatic heterocycles. The third-order valence-corrected chi connectivity index (χ3v) is 4.85. The van der Waals surface area contributed by atoms with Crippen molar-refractivity contribution in [2.24, 2.45) is 0 Å². The number of hydrogen-bond donors (Lipinski definition) is 0. The predicted octanol–water partition coefficient (Wildman–Crippen LogP) is 4.63. The lowest BCUT2D eigenvalue weighted by atomic mass is 10.1. The molecular weight excluding hydrogens is 379 g/mol. The summed E-state index contributed by atoms with van der Waals surface area (Å²) >= 11 is 1.41. The van der Waals surface area contributed by atoms with E-state index in [2.05, 4.69) is 20.3 Å². The van der Waals surface area contributed by atoms with Crippen LogP contribution in [-0.4, -0.2) is 27.4 Å². The van der Waals surface area contributed by atoms with Crippen molar-refractivity contribution >= 4 is 11.8 Å². The van der Waals surface area contributed by atoms with Gasteiger partial charge in [-0.1, -0.05) is 41.2 Å². The van der Waals surface area contributed by atoms with Crippen LogP contribution in [0.2, 0.25) is 0 Å². The van der Waals surface area contributed by atoms with Crippen molar-refractivity contribution in [2.45, 2.75) is 10.8 Å². The molecule has 2 aromatic heterocycles. The van der Waals surface area contributed by atoms with Crippen LogP contribution in [-0.2, 0) is 5.75 Å². The van der Waals surface area contributed by atoms with Crippen molar-refractivity contribution in [3.05, 3.63) is 72.4 Å². The summed E-state index contributed by atoms with van der Waals surface area (Å²) in [6.45, 7) is 0. The molecule has 0 saturated carbocycles. The standard InChI is InChI=1S/C20H15FN4O2S/c1-26-17-9-5-3-7-14(17)20-22-18(27-25-20)12-28-19-11-10-16(23-24-19)13-6-2-4-8-15(13)21/h2-11H,12H2,1H3. The van der Waals surface area contributed by atoms with Gasteiger partial charge >= 0.3 is 0 Å². The van der Waals surface area contributed by atoms with Gasteiger partial charge in [-0.05, 0) is 36.4 Å². The van der Waals surface area contributed by atoms with Gasteiger partial charge in [0.05, 0.1) is 24.1 Å². The molecule has 4 rings (SSSR count). The first kappa shape index (κ1) is 18.1. The number of hydrogen-bond acceptors (Lipinski definition) is 7. The van der Waals surface area contributed by atoms with Crippen LogP contribution in [0.5, 0.6) is 5.75 Å². The Kier molecular flexibility index (Phi) is 5.29. The molecule has 0 fully saturated rings. The summed E-state index contributed by atoms with van der Waals surface area (Å²) in [6.07, 6.45) is 0. The number of para-hydroxylation sites is 1. The second-order valence-corrected chi connectivity index (χ2v) is 6.73. The normalized spacial score (nSPS) is 10.8. The maximum absolute atomic E-state index is 13.8. The van der Waals surface area contributed by atoms with Gasteiger partial charge in [-0.2, -0.15) is 4.98 Å². The fraction of sp³-hybridized carbons (Fsp3) is 0.100. The van der Waals surface area contributed by atoms with E-state index in [0.717, 1.165) is 5.56 Å². The summed E-state index contributed by atoms with van der Waals surface area (Å²) in [5.74, 6) is 1.72. The molecule has 0 N–H and O–H groups in total. The average molecular weight is 394 g/mol. The van der Waals surface area contributed by atoms with E-state index in [4.69, 9.17) is 9.26 Å². The SMILES string of the molecule is COc1ccccc1-c1noc(CSc2ccc(-c3ccccc3F)nn2)n1. The molecule has 0 radical (unpaired) electrons. The smallest absolute Gasteiger partial charge is 0.237 e. The molecule has 6 nitrogen and oxygen atoms in total. The van der Waals surface area contributed by atoms with Crippen molar-refractivity contribution in [1.82, 2.24) is 20.3 Å². The van der Waals surface area contributed by atoms with Crippen molar-refractivity contribution in [1.29, 1.82) is 0 Å². The molecule has 28 heavy (non-hydrogen) atoms. The number of benzene rings is 2. The van der Waals surface area contributed by atoms with Crippen LogP contribution in [0.1, 0.15) is 5.89 Å². The van der Waals surface area contributed by atoms with Gasteiger partial charge in [-0.25, -0.2) is 4.39 Å². The Morgan fingerprint density at radius 2 is 1.75 bits per heavy atom. The molecule has 0 saturated heterocycles. The van der Waals surface area contributed by atoms with E-state index in [1.54, 1.807) is 37.4 Å². The highest BCUT2D eigenvalue weighted by Gasteiger charge is 2.13. The van der Waals surface area contributed by atoms with Gasteiger partial charge in [0, 0.05) is 5.56 Å². The highest BCUT2D eigenvalue weighted by molar-refractivity contribution is 7.98. The molecule has 0 amide bonds. The van der Waals surface area contributed by atoms with E-state index in [1.165, 1.54) is 17.8 Å². The Hall–Kier alpha value is -3.26. The second-order valence-electron chi connectivity index (χ2n) is 5.74. The van der Waals surface area contributed by atoms with Crippen molar-refractivity contribution < 1.29 is 13.7 Å². The maximum atomic E-state index is 13.8. The summed E-state index contributed by atoms with van der Waals surface area (Å²) in [4.78, 5) is 4.40. The van der Waals surface area contributed by atoms with Crippen LogP contribution in [0, 0.1) is 5.82 Å². The summed E-state index contributed by atoms with van der Waals surface area (Å²) in [5, 5.41) is 12.9. The van der Waals surface area contributed by atoms with Crippen molar-refractivity contribution in [3.63, 3.8) is 0 Å². The van der Waals surface area contributed by atoms with Gasteiger partial charge in [-0.15, -0.1) is 10.2 Å². The number of thioether (sulfide) groups is 1. The Morgan fingerprint density at radius 3 is 2.50 bits per heavy atom. The number of ether oxygens (including phenoxy) is 1. The lowest BCUT2D eigenvalue weighted by Gasteiger charge is -2.03. The van der Waals surface area contributed by atoms with Crippen LogP contribution < -0.4 is 4.74 Å². The molecule has 8 heteroatoms. The fourth-order valence-corrected chi connectivity index (χ4v) is 3.25. The summed E-state index contributed by atoms with van der Waals surface area (Å²) < 4.78 is 24.5. The molecule has 0 atom stereocenters. The van der Waals surface area contributed by atoms with Crippen LogP contribution in [0.15, 0.2) is 70.2 Å². The quantitative estimate of drug-likeness (QED) is 0.441. The molecule has 4 aromatic rings. The Balaban J connectivity index is 1.44. The van der Waals surface area contributed by atoms with Gasteiger partial charge < -0.3 is 9.26 Å². The van der Waals surface area contributed by atoms with Crippen LogP contribution in [0.4, 0.5) is 4.39 Å². The number of rotatable bonds is 6. The summed E-state index contributed by atoms with van der Waals surface area (Å²) in [5.41, 5.74) is 1.67. The van der Waals surface area contributed by atoms with Crippen LogP contribution in [0.3, 0.4) is 0 Å². The number of methoxy groups -OCH3 is 1. The van der Waals surface area contributed by atoms with E-state index < -0.39 is 0 Å². The third-order valence-electron chi connectivity index (χ3n) is 3.95. The fourth-order valence-electron chi connectivity index (χ4n) is 2.60. The van der Waals surface area contributed by atoms with Gasteiger partial charge in [-0.3, -0.25) is 0 Å². The van der Waals surface area contributed by atoms with E-state index in [-0.39, 0.29) is 5.82 Å². The number of nitrogens with zero attached hydrogens (tertiary/aromatic N) is 4. The predicted molar refractivity (Wildman–Crippen MR) is 103 cm³/mol. The van der Waals surface area contributed by atoms with Crippen LogP contribution in [0.25, 0.3) is 22.6 Å². The first-order valence-corrected chi connectivity index (χ1v) is 9.40. The maximum Gasteiger partial charge on any atom is 0.237 e. The highest BCUT2D eigenvalue weighted by atomic mass is 32.2. The molecule has 0 spiro atoms. The zero-order valence-corrected chi connectivity index (χ0v) is 15.7. The topological polar surface area (TPSA) is 73.9 Å². The minimum Gasteiger partial charge on any atom is -0.496 e. The molecule has 0 aliphatic carbocycles. The summed E-state index contributed by atoms with van der Waals surface area (Å²) in [6, 6.07) is 17.5. The molecule has 0 aliphatic rings. The van der Waals surface area contributed by atoms with Crippen LogP contribution >= 0.6 is 11.8 Å². The monoisotopic (exact) mass is 394 g/mol. The van der Waals surface area contributed by atoms with E-state index in [0.29, 0.717) is 39.5 Å². The molecule has 0 bridgehead atoms. The van der Waals surface area contributed by atoms with Gasteiger partial charge in [0.1, 0.15) is 16.6 Å². The van der Waals surface area contributed by atoms with E-state index in [9.17, 15) is 4.39 Å². The molecule has 2 aromatic carbocycles. The van der Waals surface area contributed by atoms with Crippen molar-refractivity contribution in [2.75, 3.05) is 7.11 Å². The van der Waals surface area contributed by atoms with Gasteiger partial charge in [0.25, 0.3) is 0 Å². The lowest BCUT2D eigenvalue weighted by Crippen LogP contribution is -1.92. The first-order valence-electron chi connectivity index (χ1n) is 8.42. The highest BCUT2D eigenvalue weighted by Crippen LogP contribution is 2.28. The Bertz CT molecular complexity index is 1090. The first-order chi connectivity index (χ1) is 13.7. The molecule has 0 unspecified atom stereocenters. The minimum absolute atomic E-state index is 0.327.